The standard InChI is InChI=1S/C12H18O3/c1-7(2)5-6-15-12(14)11-8-3-4-9(13)10(8)11/h7-8,10-11H,3-6H2,1-2H3/t8-,10-,11+/m1/s1. The van der Waals surface area contributed by atoms with Gasteiger partial charge in [-0.25, -0.2) is 0 Å². The third-order valence-corrected chi connectivity index (χ3v) is 3.48. The van der Waals surface area contributed by atoms with Gasteiger partial charge in [-0.05, 0) is 24.7 Å². The van der Waals surface area contributed by atoms with E-state index in [1.807, 2.05) is 0 Å². The third-order valence-electron chi connectivity index (χ3n) is 3.48. The molecule has 2 fully saturated rings. The Bertz CT molecular complexity index is 283. The first-order chi connectivity index (χ1) is 7.11. The molecule has 3 nitrogen and oxygen atoms in total. The minimum atomic E-state index is -0.140. The average molecular weight is 210 g/mol. The molecule has 2 rings (SSSR count). The lowest BCUT2D eigenvalue weighted by molar-refractivity contribution is -0.147. The van der Waals surface area contributed by atoms with Crippen LogP contribution in [0.3, 0.4) is 0 Å². The van der Waals surface area contributed by atoms with Gasteiger partial charge in [0.05, 0.1) is 12.5 Å². The predicted octanol–water partition coefficient (Wildman–Crippen LogP) is 1.80. The molecule has 3 heteroatoms. The minimum absolute atomic E-state index is 0.0246. The van der Waals surface area contributed by atoms with Crippen LogP contribution < -0.4 is 0 Å². The molecule has 0 aromatic rings. The van der Waals surface area contributed by atoms with Crippen molar-refractivity contribution >= 4 is 11.8 Å². The molecule has 84 valence electrons. The molecule has 2 saturated carbocycles. The van der Waals surface area contributed by atoms with Crippen molar-refractivity contribution in [1.29, 1.82) is 0 Å². The first-order valence-corrected chi connectivity index (χ1v) is 5.80. The summed E-state index contributed by atoms with van der Waals surface area (Å²) in [7, 11) is 0. The number of esters is 1. The first-order valence-electron chi connectivity index (χ1n) is 5.80. The van der Waals surface area contributed by atoms with Crippen LogP contribution >= 0.6 is 0 Å². The Labute approximate surface area is 90.2 Å². The van der Waals surface area contributed by atoms with Crippen LogP contribution in [-0.4, -0.2) is 18.4 Å². The van der Waals surface area contributed by atoms with Crippen molar-refractivity contribution in [2.24, 2.45) is 23.7 Å². The molecule has 0 radical (unpaired) electrons. The van der Waals surface area contributed by atoms with Gasteiger partial charge in [0.1, 0.15) is 5.78 Å². The molecule has 0 unspecified atom stereocenters. The van der Waals surface area contributed by atoms with E-state index in [1.54, 1.807) is 0 Å². The first kappa shape index (κ1) is 10.7. The summed E-state index contributed by atoms with van der Waals surface area (Å²) in [4.78, 5) is 22.9. The predicted molar refractivity (Wildman–Crippen MR) is 55.1 cm³/mol. The van der Waals surface area contributed by atoms with E-state index in [1.165, 1.54) is 0 Å². The van der Waals surface area contributed by atoms with E-state index < -0.39 is 0 Å². The molecular formula is C12H18O3. The van der Waals surface area contributed by atoms with Gasteiger partial charge >= 0.3 is 5.97 Å². The number of hydrogen-bond donors (Lipinski definition) is 0. The van der Waals surface area contributed by atoms with Crippen LogP contribution in [0.2, 0.25) is 0 Å². The zero-order valence-corrected chi connectivity index (χ0v) is 9.36. The Morgan fingerprint density at radius 1 is 1.53 bits per heavy atom. The largest absolute Gasteiger partial charge is 0.465 e. The number of hydrogen-bond acceptors (Lipinski definition) is 3. The molecule has 2 aliphatic carbocycles. The number of fused-ring (bicyclic) bond motifs is 1. The molecule has 0 bridgehead atoms. The van der Waals surface area contributed by atoms with Crippen molar-refractivity contribution in [2.45, 2.75) is 33.1 Å². The maximum absolute atomic E-state index is 11.6. The molecule has 0 amide bonds. The van der Waals surface area contributed by atoms with E-state index in [0.29, 0.717) is 24.9 Å². The van der Waals surface area contributed by atoms with Gasteiger partial charge in [0, 0.05) is 12.3 Å². The molecule has 0 N–H and O–H groups in total. The summed E-state index contributed by atoms with van der Waals surface area (Å²) < 4.78 is 5.17. The van der Waals surface area contributed by atoms with E-state index in [4.69, 9.17) is 4.74 Å². The van der Waals surface area contributed by atoms with Gasteiger partial charge in [0.15, 0.2) is 0 Å². The molecule has 0 aliphatic heterocycles. The molecule has 15 heavy (non-hydrogen) atoms. The average Bonchev–Trinajstić information content (AvgIpc) is 2.77. The van der Waals surface area contributed by atoms with Crippen LogP contribution in [0.4, 0.5) is 0 Å². The third kappa shape index (κ3) is 2.06. The van der Waals surface area contributed by atoms with Gasteiger partial charge in [-0.3, -0.25) is 9.59 Å². The van der Waals surface area contributed by atoms with Crippen molar-refractivity contribution in [1.82, 2.24) is 0 Å². The van der Waals surface area contributed by atoms with Crippen LogP contribution in [-0.2, 0) is 14.3 Å². The van der Waals surface area contributed by atoms with Crippen LogP contribution in [0.25, 0.3) is 0 Å². The van der Waals surface area contributed by atoms with Gasteiger partial charge in [-0.2, -0.15) is 0 Å². The monoisotopic (exact) mass is 210 g/mol. The fourth-order valence-corrected chi connectivity index (χ4v) is 2.46. The number of ketones is 1. The fraction of sp³-hybridized carbons (Fsp3) is 0.833. The highest BCUT2D eigenvalue weighted by atomic mass is 16.5. The van der Waals surface area contributed by atoms with Gasteiger partial charge in [-0.15, -0.1) is 0 Å². The minimum Gasteiger partial charge on any atom is -0.465 e. The van der Waals surface area contributed by atoms with Crippen molar-refractivity contribution in [3.8, 4) is 0 Å². The lowest BCUT2D eigenvalue weighted by Gasteiger charge is -2.07. The normalized spacial score (nSPS) is 33.0. The zero-order chi connectivity index (χ0) is 11.0. The lowest BCUT2D eigenvalue weighted by atomic mass is 10.1. The second-order valence-corrected chi connectivity index (χ2v) is 5.07. The molecule has 0 aromatic carbocycles. The van der Waals surface area contributed by atoms with E-state index in [0.717, 1.165) is 12.8 Å². The summed E-state index contributed by atoms with van der Waals surface area (Å²) in [6.07, 6.45) is 2.47. The van der Waals surface area contributed by atoms with Crippen LogP contribution in [0.15, 0.2) is 0 Å². The second-order valence-electron chi connectivity index (χ2n) is 5.07. The second kappa shape index (κ2) is 3.95. The Morgan fingerprint density at radius 3 is 2.80 bits per heavy atom. The summed E-state index contributed by atoms with van der Waals surface area (Å²) in [6.45, 7) is 4.70. The van der Waals surface area contributed by atoms with Crippen LogP contribution in [0.5, 0.6) is 0 Å². The molecular weight excluding hydrogens is 192 g/mol. The van der Waals surface area contributed by atoms with Gasteiger partial charge in [-0.1, -0.05) is 13.8 Å². The Morgan fingerprint density at radius 2 is 2.27 bits per heavy atom. The number of carbonyl (C=O) groups is 2. The van der Waals surface area contributed by atoms with Crippen molar-refractivity contribution in [3.05, 3.63) is 0 Å². The van der Waals surface area contributed by atoms with Crippen molar-refractivity contribution in [3.63, 3.8) is 0 Å². The summed E-state index contributed by atoms with van der Waals surface area (Å²) in [5.74, 6) is 0.946. The smallest absolute Gasteiger partial charge is 0.309 e. The lowest BCUT2D eigenvalue weighted by Crippen LogP contribution is -2.14. The number of ether oxygens (including phenoxy) is 1. The molecule has 0 saturated heterocycles. The Hall–Kier alpha value is -0.860. The number of rotatable bonds is 4. The van der Waals surface area contributed by atoms with Gasteiger partial charge in [0.2, 0.25) is 0 Å². The molecule has 0 aromatic heterocycles. The number of carbonyl (C=O) groups excluding carboxylic acids is 2. The summed E-state index contributed by atoms with van der Waals surface area (Å²) in [5.41, 5.74) is 0. The quantitative estimate of drug-likeness (QED) is 0.664. The molecule has 2 aliphatic rings. The Balaban J connectivity index is 1.73. The topological polar surface area (TPSA) is 43.4 Å². The summed E-state index contributed by atoms with van der Waals surface area (Å²) in [6, 6.07) is 0. The van der Waals surface area contributed by atoms with E-state index in [-0.39, 0.29) is 23.6 Å². The maximum atomic E-state index is 11.6. The van der Waals surface area contributed by atoms with Crippen molar-refractivity contribution < 1.29 is 14.3 Å². The molecule has 0 spiro atoms. The zero-order valence-electron chi connectivity index (χ0n) is 9.36. The molecule has 0 heterocycles. The highest BCUT2D eigenvalue weighted by molar-refractivity contribution is 5.94. The van der Waals surface area contributed by atoms with Crippen LogP contribution in [0.1, 0.15) is 33.1 Å². The van der Waals surface area contributed by atoms with E-state index in [9.17, 15) is 9.59 Å². The van der Waals surface area contributed by atoms with Crippen LogP contribution in [0, 0.1) is 23.7 Å². The summed E-state index contributed by atoms with van der Waals surface area (Å²) >= 11 is 0. The fourth-order valence-electron chi connectivity index (χ4n) is 2.46. The Kier molecular flexibility index (Phi) is 2.81. The highest BCUT2D eigenvalue weighted by Gasteiger charge is 2.62. The summed E-state index contributed by atoms with van der Waals surface area (Å²) in [5, 5.41) is 0. The van der Waals surface area contributed by atoms with E-state index in [2.05, 4.69) is 13.8 Å². The van der Waals surface area contributed by atoms with Crippen molar-refractivity contribution in [2.75, 3.05) is 6.61 Å². The maximum Gasteiger partial charge on any atom is 0.309 e. The van der Waals surface area contributed by atoms with E-state index >= 15 is 0 Å². The SMILES string of the molecule is CC(C)CCOC(=O)[C@H]1[C@@H]2CCC(=O)[C@@H]21. The van der Waals surface area contributed by atoms with Gasteiger partial charge in [0.25, 0.3) is 0 Å². The number of Topliss-reactive ketones (excluding diaryl/α,β-unsaturated/α-hetero) is 1. The van der Waals surface area contributed by atoms with Gasteiger partial charge < -0.3 is 4.74 Å². The highest BCUT2D eigenvalue weighted by Crippen LogP contribution is 2.55. The molecule has 3 atom stereocenters.